The molecule has 0 radical (unpaired) electrons. The van der Waals surface area contributed by atoms with Crippen LogP contribution < -0.4 is 0 Å². The fraction of sp³-hybridized carbons (Fsp3) is 0.333. The third kappa shape index (κ3) is 3.55. The van der Waals surface area contributed by atoms with Crippen molar-refractivity contribution in [3.8, 4) is 0 Å². The van der Waals surface area contributed by atoms with Crippen LogP contribution in [0.4, 0.5) is 0 Å². The molecule has 0 saturated carbocycles. The van der Waals surface area contributed by atoms with Crippen molar-refractivity contribution in [2.45, 2.75) is 32.6 Å². The van der Waals surface area contributed by atoms with Gasteiger partial charge in [0.2, 0.25) is 0 Å². The SMILES string of the molecule is CCCCC1=CC(c2ccccc2)=[C-]C1.[Hf]. The Hall–Kier alpha value is -0.430. The molecule has 0 saturated heterocycles. The average Bonchev–Trinajstić information content (AvgIpc) is 2.76. The summed E-state index contributed by atoms with van der Waals surface area (Å²) in [6.07, 6.45) is 10.6. The minimum atomic E-state index is 0. The molecule has 0 bridgehead atoms. The molecule has 16 heavy (non-hydrogen) atoms. The third-order valence-electron chi connectivity index (χ3n) is 2.79. The van der Waals surface area contributed by atoms with Gasteiger partial charge in [0.1, 0.15) is 0 Å². The smallest absolute Gasteiger partial charge is 0 e. The maximum atomic E-state index is 3.46. The van der Waals surface area contributed by atoms with Crippen LogP contribution in [0.15, 0.2) is 42.0 Å². The van der Waals surface area contributed by atoms with E-state index in [2.05, 4.69) is 49.4 Å². The summed E-state index contributed by atoms with van der Waals surface area (Å²) < 4.78 is 0. The molecule has 0 N–H and O–H groups in total. The molecular weight excluding hydrogens is 359 g/mol. The summed E-state index contributed by atoms with van der Waals surface area (Å²) in [6, 6.07) is 10.5. The largest absolute Gasteiger partial charge is 0.197 e. The summed E-state index contributed by atoms with van der Waals surface area (Å²) in [5, 5.41) is 0. The van der Waals surface area contributed by atoms with Gasteiger partial charge in [-0.1, -0.05) is 44.4 Å². The predicted molar refractivity (Wildman–Crippen MR) is 65.3 cm³/mol. The molecule has 0 unspecified atom stereocenters. The average molecular weight is 376 g/mol. The van der Waals surface area contributed by atoms with Crippen LogP contribution in [0, 0.1) is 6.08 Å². The minimum Gasteiger partial charge on any atom is -0.197 e. The van der Waals surface area contributed by atoms with Gasteiger partial charge in [-0.2, -0.15) is 17.7 Å². The van der Waals surface area contributed by atoms with E-state index in [1.165, 1.54) is 36.0 Å². The molecule has 82 valence electrons. The molecule has 0 aromatic heterocycles. The normalized spacial score (nSPS) is 14.1. The minimum absolute atomic E-state index is 0. The Kier molecular flexibility index (Phi) is 5.97. The Morgan fingerprint density at radius 2 is 1.94 bits per heavy atom. The van der Waals surface area contributed by atoms with Gasteiger partial charge >= 0.3 is 0 Å². The van der Waals surface area contributed by atoms with Crippen molar-refractivity contribution in [2.75, 3.05) is 0 Å². The fourth-order valence-electron chi connectivity index (χ4n) is 1.88. The second-order valence-electron chi connectivity index (χ2n) is 4.04. The summed E-state index contributed by atoms with van der Waals surface area (Å²) in [5.74, 6) is 0. The number of rotatable bonds is 4. The van der Waals surface area contributed by atoms with Gasteiger partial charge in [0.15, 0.2) is 0 Å². The third-order valence-corrected chi connectivity index (χ3v) is 2.79. The first-order valence-electron chi connectivity index (χ1n) is 5.76. The Morgan fingerprint density at radius 1 is 1.19 bits per heavy atom. The van der Waals surface area contributed by atoms with Crippen LogP contribution in [-0.2, 0) is 25.8 Å². The zero-order valence-electron chi connectivity index (χ0n) is 9.79. The van der Waals surface area contributed by atoms with E-state index in [4.69, 9.17) is 0 Å². The van der Waals surface area contributed by atoms with Crippen LogP contribution in [0.25, 0.3) is 5.57 Å². The van der Waals surface area contributed by atoms with E-state index < -0.39 is 0 Å². The first-order chi connectivity index (χ1) is 7.40. The van der Waals surface area contributed by atoms with Crippen molar-refractivity contribution in [1.82, 2.24) is 0 Å². The molecule has 1 heteroatoms. The number of benzene rings is 1. The van der Waals surface area contributed by atoms with Crippen LogP contribution in [0.3, 0.4) is 0 Å². The molecule has 0 heterocycles. The van der Waals surface area contributed by atoms with Crippen molar-refractivity contribution in [3.63, 3.8) is 0 Å². The van der Waals surface area contributed by atoms with Gasteiger partial charge < -0.3 is 0 Å². The van der Waals surface area contributed by atoms with Gasteiger partial charge in [0.05, 0.1) is 0 Å². The number of hydrogen-bond donors (Lipinski definition) is 0. The molecule has 0 amide bonds. The Bertz CT molecular complexity index is 374. The molecule has 0 spiro atoms. The molecule has 0 fully saturated rings. The predicted octanol–water partition coefficient (Wildman–Crippen LogP) is 4.39. The van der Waals surface area contributed by atoms with Crippen LogP contribution in [0.1, 0.15) is 38.2 Å². The van der Waals surface area contributed by atoms with Crippen molar-refractivity contribution >= 4 is 5.57 Å². The van der Waals surface area contributed by atoms with Crippen molar-refractivity contribution in [3.05, 3.63) is 53.6 Å². The molecule has 1 aliphatic carbocycles. The van der Waals surface area contributed by atoms with Crippen molar-refractivity contribution in [1.29, 1.82) is 0 Å². The number of unbranched alkanes of at least 4 members (excludes halogenated alkanes) is 1. The Morgan fingerprint density at radius 3 is 2.62 bits per heavy atom. The first kappa shape index (κ1) is 13.6. The maximum Gasteiger partial charge on any atom is 0 e. The Labute approximate surface area is 117 Å². The van der Waals surface area contributed by atoms with Crippen LogP contribution in [0.2, 0.25) is 0 Å². The Balaban J connectivity index is 0.00000128. The second-order valence-corrected chi connectivity index (χ2v) is 4.04. The van der Waals surface area contributed by atoms with Crippen LogP contribution >= 0.6 is 0 Å². The zero-order valence-corrected chi connectivity index (χ0v) is 13.4. The van der Waals surface area contributed by atoms with E-state index in [1.807, 2.05) is 0 Å². The van der Waals surface area contributed by atoms with Crippen LogP contribution in [-0.4, -0.2) is 0 Å². The molecule has 0 nitrogen and oxygen atoms in total. The topological polar surface area (TPSA) is 0 Å². The molecule has 1 aliphatic rings. The quantitative estimate of drug-likeness (QED) is 0.541. The van der Waals surface area contributed by atoms with Gasteiger partial charge in [-0.05, 0) is 6.42 Å². The first-order valence-corrected chi connectivity index (χ1v) is 5.76. The van der Waals surface area contributed by atoms with E-state index >= 15 is 0 Å². The number of hydrogen-bond acceptors (Lipinski definition) is 0. The van der Waals surface area contributed by atoms with Gasteiger partial charge in [0, 0.05) is 25.8 Å². The summed E-state index contributed by atoms with van der Waals surface area (Å²) in [5.41, 5.74) is 4.11. The van der Waals surface area contributed by atoms with E-state index in [-0.39, 0.29) is 25.8 Å². The van der Waals surface area contributed by atoms with Gasteiger partial charge in [-0.15, -0.1) is 23.3 Å². The van der Waals surface area contributed by atoms with Crippen LogP contribution in [0.5, 0.6) is 0 Å². The van der Waals surface area contributed by atoms with Gasteiger partial charge in [-0.3, -0.25) is 0 Å². The molecule has 0 atom stereocenters. The van der Waals surface area contributed by atoms with Crippen molar-refractivity contribution < 1.29 is 25.8 Å². The van der Waals surface area contributed by atoms with Gasteiger partial charge in [0.25, 0.3) is 0 Å². The maximum absolute atomic E-state index is 3.46. The summed E-state index contributed by atoms with van der Waals surface area (Å²) in [4.78, 5) is 0. The van der Waals surface area contributed by atoms with Crippen molar-refractivity contribution in [2.24, 2.45) is 0 Å². The standard InChI is InChI=1S/C15H17.Hf/c1-2-3-7-13-10-11-15(12-13)14-8-5-4-6-9-14;/h4-6,8-9,12H,2-3,7,10H2,1H3;/q-1;. The zero-order chi connectivity index (χ0) is 10.5. The fourth-order valence-corrected chi connectivity index (χ4v) is 1.88. The summed E-state index contributed by atoms with van der Waals surface area (Å²) in [7, 11) is 0. The molecule has 1 aromatic rings. The summed E-state index contributed by atoms with van der Waals surface area (Å²) in [6.45, 7) is 2.24. The number of allylic oxidation sites excluding steroid dienone is 4. The molecular formula is C15H17Hf-. The second kappa shape index (κ2) is 7.01. The molecule has 2 rings (SSSR count). The van der Waals surface area contributed by atoms with Gasteiger partial charge in [-0.25, -0.2) is 0 Å². The van der Waals surface area contributed by atoms with E-state index in [0.717, 1.165) is 6.42 Å². The molecule has 1 aromatic carbocycles. The van der Waals surface area contributed by atoms with E-state index in [0.29, 0.717) is 0 Å². The molecule has 0 aliphatic heterocycles. The summed E-state index contributed by atoms with van der Waals surface area (Å²) >= 11 is 0. The van der Waals surface area contributed by atoms with E-state index in [1.54, 1.807) is 0 Å². The monoisotopic (exact) mass is 377 g/mol. The van der Waals surface area contributed by atoms with E-state index in [9.17, 15) is 0 Å².